The second kappa shape index (κ2) is 7.40. The van der Waals surface area contributed by atoms with Crippen LogP contribution < -0.4 is 0 Å². The van der Waals surface area contributed by atoms with E-state index in [2.05, 4.69) is 20.3 Å². The summed E-state index contributed by atoms with van der Waals surface area (Å²) in [5, 5.41) is 8.59. The first-order valence-corrected chi connectivity index (χ1v) is 8.90. The lowest BCUT2D eigenvalue weighted by Crippen LogP contribution is -2.27. The largest absolute Gasteiger partial charge is 0.340 e. The first kappa shape index (κ1) is 18.1. The number of halogens is 2. The maximum atomic E-state index is 13.3. The molecule has 0 bridgehead atoms. The van der Waals surface area contributed by atoms with E-state index in [4.69, 9.17) is 11.6 Å². The summed E-state index contributed by atoms with van der Waals surface area (Å²) >= 11 is 6.16. The van der Waals surface area contributed by atoms with Crippen molar-refractivity contribution in [2.24, 2.45) is 0 Å². The highest BCUT2D eigenvalue weighted by Gasteiger charge is 2.18. The van der Waals surface area contributed by atoms with Crippen LogP contribution in [0.3, 0.4) is 0 Å². The van der Waals surface area contributed by atoms with Crippen molar-refractivity contribution in [3.8, 4) is 0 Å². The lowest BCUT2D eigenvalue weighted by atomic mass is 10.2. The average Bonchev–Trinajstić information content (AvgIpc) is 3.29. The molecule has 142 valence electrons. The van der Waals surface area contributed by atoms with E-state index in [1.54, 1.807) is 30.1 Å². The maximum absolute atomic E-state index is 13.3. The average molecular weight is 399 g/mol. The lowest BCUT2D eigenvalue weighted by molar-refractivity contribution is 0.0776. The summed E-state index contributed by atoms with van der Waals surface area (Å²) in [4.78, 5) is 21.5. The third-order valence-corrected chi connectivity index (χ3v) is 4.64. The fourth-order valence-electron chi connectivity index (χ4n) is 2.88. The summed E-state index contributed by atoms with van der Waals surface area (Å²) in [6.45, 7) is 0.644. The molecule has 2 heterocycles. The molecule has 0 atom stereocenters. The molecule has 0 spiro atoms. The van der Waals surface area contributed by atoms with Crippen LogP contribution in [0.1, 0.15) is 21.9 Å². The first-order valence-electron chi connectivity index (χ1n) is 8.53. The van der Waals surface area contributed by atoms with E-state index in [0.29, 0.717) is 28.4 Å². The van der Waals surface area contributed by atoms with Gasteiger partial charge in [-0.05, 0) is 29.8 Å². The van der Waals surface area contributed by atoms with Gasteiger partial charge in [-0.3, -0.25) is 4.79 Å². The minimum absolute atomic E-state index is 0.219. The van der Waals surface area contributed by atoms with E-state index in [1.807, 2.05) is 18.2 Å². The Morgan fingerprint density at radius 3 is 2.93 bits per heavy atom. The number of carbonyl (C=O) groups excluding carboxylic acids is 1. The molecule has 0 aliphatic heterocycles. The van der Waals surface area contributed by atoms with Gasteiger partial charge in [-0.15, -0.1) is 5.10 Å². The Morgan fingerprint density at radius 1 is 1.29 bits per heavy atom. The van der Waals surface area contributed by atoms with E-state index >= 15 is 0 Å². The van der Waals surface area contributed by atoms with Crippen LogP contribution in [0.15, 0.2) is 48.7 Å². The predicted molar refractivity (Wildman–Crippen MR) is 102 cm³/mol. The van der Waals surface area contributed by atoms with Gasteiger partial charge in [0, 0.05) is 12.1 Å². The van der Waals surface area contributed by atoms with Crippen molar-refractivity contribution in [2.45, 2.75) is 13.1 Å². The van der Waals surface area contributed by atoms with Crippen molar-refractivity contribution in [1.82, 2.24) is 29.9 Å². The zero-order valence-electron chi connectivity index (χ0n) is 14.9. The van der Waals surface area contributed by atoms with Crippen molar-refractivity contribution in [2.75, 3.05) is 7.05 Å². The van der Waals surface area contributed by atoms with Crippen molar-refractivity contribution in [1.29, 1.82) is 0 Å². The number of aromatic nitrogens is 5. The van der Waals surface area contributed by atoms with Gasteiger partial charge in [0.25, 0.3) is 5.91 Å². The van der Waals surface area contributed by atoms with E-state index in [1.165, 1.54) is 17.0 Å². The molecular formula is C19H16ClFN6O. The highest BCUT2D eigenvalue weighted by Crippen LogP contribution is 2.17. The number of hydrogen-bond acceptors (Lipinski definition) is 4. The maximum Gasteiger partial charge on any atom is 0.276 e. The Balaban J connectivity index is 1.46. The topological polar surface area (TPSA) is 79.7 Å². The quantitative estimate of drug-likeness (QED) is 0.559. The molecule has 9 heteroatoms. The summed E-state index contributed by atoms with van der Waals surface area (Å²) in [6, 6.07) is 11.7. The van der Waals surface area contributed by atoms with E-state index < -0.39 is 0 Å². The van der Waals surface area contributed by atoms with Crippen LogP contribution >= 0.6 is 11.6 Å². The van der Waals surface area contributed by atoms with Gasteiger partial charge in [-0.25, -0.2) is 14.1 Å². The fourth-order valence-corrected chi connectivity index (χ4v) is 3.07. The smallest absolute Gasteiger partial charge is 0.276 e. The number of hydrogen-bond donors (Lipinski definition) is 1. The number of rotatable bonds is 5. The third kappa shape index (κ3) is 3.72. The number of nitrogens with one attached hydrogen (secondary N) is 1. The zero-order chi connectivity index (χ0) is 19.7. The van der Waals surface area contributed by atoms with Crippen LogP contribution in [0.4, 0.5) is 4.39 Å². The monoisotopic (exact) mass is 398 g/mol. The third-order valence-electron chi connectivity index (χ3n) is 4.27. The molecule has 2 aromatic carbocycles. The van der Waals surface area contributed by atoms with Crippen LogP contribution in [0.2, 0.25) is 5.02 Å². The Morgan fingerprint density at radius 2 is 2.11 bits per heavy atom. The SMILES string of the molecule is CN(Cc1nc2ccc(F)cc2[nH]1)C(=O)c1cn(Cc2ccccc2Cl)nn1. The molecule has 1 amide bonds. The second-order valence-corrected chi connectivity index (χ2v) is 6.81. The number of H-pyrrole nitrogens is 1. The van der Waals surface area contributed by atoms with Gasteiger partial charge in [-0.2, -0.15) is 0 Å². The number of amides is 1. The first-order chi connectivity index (χ1) is 13.5. The number of nitrogens with zero attached hydrogens (tertiary/aromatic N) is 5. The molecular weight excluding hydrogens is 383 g/mol. The van der Waals surface area contributed by atoms with Crippen LogP contribution in [0.5, 0.6) is 0 Å². The summed E-state index contributed by atoms with van der Waals surface area (Å²) < 4.78 is 14.9. The van der Waals surface area contributed by atoms with Gasteiger partial charge >= 0.3 is 0 Å². The highest BCUT2D eigenvalue weighted by atomic mass is 35.5. The van der Waals surface area contributed by atoms with Crippen LogP contribution in [0, 0.1) is 5.82 Å². The number of carbonyl (C=O) groups is 1. The number of fused-ring (bicyclic) bond motifs is 1. The van der Waals surface area contributed by atoms with Crippen molar-refractivity contribution in [3.05, 3.63) is 76.6 Å². The van der Waals surface area contributed by atoms with Crippen LogP contribution in [0.25, 0.3) is 11.0 Å². The Bertz CT molecular complexity index is 1150. The summed E-state index contributed by atoms with van der Waals surface area (Å²) in [5.74, 6) is -0.0841. The Kier molecular flexibility index (Phi) is 4.79. The zero-order valence-corrected chi connectivity index (χ0v) is 15.7. The molecule has 1 N–H and O–H groups in total. The molecule has 4 aromatic rings. The number of aromatic amines is 1. The molecule has 4 rings (SSSR count). The fraction of sp³-hybridized carbons (Fsp3) is 0.158. The molecule has 0 fully saturated rings. The number of imidazole rings is 1. The minimum atomic E-state index is -0.345. The van der Waals surface area contributed by atoms with Crippen LogP contribution in [-0.4, -0.2) is 42.8 Å². The number of benzene rings is 2. The highest BCUT2D eigenvalue weighted by molar-refractivity contribution is 6.31. The molecule has 0 aliphatic carbocycles. The Labute approximate surface area is 164 Å². The van der Waals surface area contributed by atoms with Gasteiger partial charge in [-0.1, -0.05) is 35.0 Å². The van der Waals surface area contributed by atoms with Gasteiger partial charge in [0.15, 0.2) is 5.69 Å². The molecule has 0 radical (unpaired) electrons. The summed E-state index contributed by atoms with van der Waals surface area (Å²) in [7, 11) is 1.64. The molecule has 0 saturated carbocycles. The standard InChI is InChI=1S/C19H16ClFN6O/c1-26(11-18-22-15-7-6-13(21)8-16(15)23-18)19(28)17-10-27(25-24-17)9-12-4-2-3-5-14(12)20/h2-8,10H,9,11H2,1H3,(H,22,23). The van der Waals surface area contributed by atoms with E-state index in [0.717, 1.165) is 5.56 Å². The predicted octanol–water partition coefficient (Wildman–Crippen LogP) is 3.27. The van der Waals surface area contributed by atoms with Gasteiger partial charge in [0.2, 0.25) is 0 Å². The van der Waals surface area contributed by atoms with Gasteiger partial charge in [0.1, 0.15) is 11.6 Å². The molecule has 0 aliphatic rings. The molecule has 0 unspecified atom stereocenters. The van der Waals surface area contributed by atoms with Crippen LogP contribution in [-0.2, 0) is 13.1 Å². The summed E-state index contributed by atoms with van der Waals surface area (Å²) in [5.41, 5.74) is 2.33. The van der Waals surface area contributed by atoms with Gasteiger partial charge in [0.05, 0.1) is 30.3 Å². The second-order valence-electron chi connectivity index (χ2n) is 6.40. The van der Waals surface area contributed by atoms with E-state index in [-0.39, 0.29) is 24.0 Å². The molecule has 2 aromatic heterocycles. The molecule has 7 nitrogen and oxygen atoms in total. The molecule has 0 saturated heterocycles. The summed E-state index contributed by atoms with van der Waals surface area (Å²) in [6.07, 6.45) is 1.58. The van der Waals surface area contributed by atoms with E-state index in [9.17, 15) is 9.18 Å². The van der Waals surface area contributed by atoms with Gasteiger partial charge < -0.3 is 9.88 Å². The minimum Gasteiger partial charge on any atom is -0.340 e. The normalized spacial score (nSPS) is 11.1. The molecule has 28 heavy (non-hydrogen) atoms. The Hall–Kier alpha value is -3.26. The van der Waals surface area contributed by atoms with Crippen molar-refractivity contribution in [3.63, 3.8) is 0 Å². The van der Waals surface area contributed by atoms with Crippen molar-refractivity contribution >= 4 is 28.5 Å². The van der Waals surface area contributed by atoms with Crippen molar-refractivity contribution < 1.29 is 9.18 Å². The lowest BCUT2D eigenvalue weighted by Gasteiger charge is -2.13.